The smallest absolute Gasteiger partial charge is 0.338 e. The van der Waals surface area contributed by atoms with Crippen molar-refractivity contribution in [1.29, 1.82) is 0 Å². The highest BCUT2D eigenvalue weighted by Crippen LogP contribution is 2.21. The van der Waals surface area contributed by atoms with Crippen molar-refractivity contribution in [3.63, 3.8) is 0 Å². The van der Waals surface area contributed by atoms with Crippen LogP contribution in [-0.4, -0.2) is 18.1 Å². The van der Waals surface area contributed by atoms with Crippen LogP contribution in [0.25, 0.3) is 10.8 Å². The van der Waals surface area contributed by atoms with Crippen molar-refractivity contribution >= 4 is 16.7 Å². The maximum atomic E-state index is 11.5. The lowest BCUT2D eigenvalue weighted by molar-refractivity contribution is 0.0603. The fourth-order valence-corrected chi connectivity index (χ4v) is 1.63. The van der Waals surface area contributed by atoms with Gasteiger partial charge in [0.25, 0.3) is 0 Å². The van der Waals surface area contributed by atoms with Gasteiger partial charge in [0.2, 0.25) is 0 Å². The summed E-state index contributed by atoms with van der Waals surface area (Å²) in [6.45, 7) is 2.00. The Hall–Kier alpha value is -1.90. The van der Waals surface area contributed by atoms with E-state index in [2.05, 4.69) is 4.98 Å². The highest BCUT2D eigenvalue weighted by atomic mass is 16.5. The molecule has 0 aliphatic carbocycles. The van der Waals surface area contributed by atoms with Crippen LogP contribution in [0.2, 0.25) is 0 Å². The first-order chi connectivity index (χ1) is 7.24. The molecule has 2 rings (SSSR count). The summed E-state index contributed by atoms with van der Waals surface area (Å²) in [5, 5.41) is 1.87. The lowest BCUT2D eigenvalue weighted by atomic mass is 10.0. The number of nitrogens with zero attached hydrogens (tertiary/aromatic N) is 1. The van der Waals surface area contributed by atoms with Crippen molar-refractivity contribution in [3.05, 3.63) is 41.7 Å². The van der Waals surface area contributed by atoms with Crippen molar-refractivity contribution in [2.45, 2.75) is 6.92 Å². The molecule has 0 atom stereocenters. The summed E-state index contributed by atoms with van der Waals surface area (Å²) in [6, 6.07) is 5.58. The Morgan fingerprint density at radius 2 is 2.07 bits per heavy atom. The number of pyridine rings is 1. The van der Waals surface area contributed by atoms with Gasteiger partial charge in [-0.15, -0.1) is 0 Å². The van der Waals surface area contributed by atoms with Gasteiger partial charge in [-0.25, -0.2) is 4.79 Å². The first-order valence-corrected chi connectivity index (χ1v) is 4.65. The molecule has 0 radical (unpaired) electrons. The van der Waals surface area contributed by atoms with Gasteiger partial charge < -0.3 is 4.74 Å². The number of hydrogen-bond acceptors (Lipinski definition) is 3. The molecular formula is C12H11NO2. The maximum absolute atomic E-state index is 11.5. The molecule has 3 heteroatoms. The van der Waals surface area contributed by atoms with Crippen LogP contribution in [0.3, 0.4) is 0 Å². The minimum absolute atomic E-state index is 0.326. The Bertz CT molecular complexity index is 520. The van der Waals surface area contributed by atoms with Crippen LogP contribution >= 0.6 is 0 Å². The number of hydrogen-bond donors (Lipinski definition) is 0. The third kappa shape index (κ3) is 1.56. The van der Waals surface area contributed by atoms with E-state index in [1.165, 1.54) is 7.11 Å². The second-order valence-corrected chi connectivity index (χ2v) is 3.34. The Balaban J connectivity index is 2.77. The molecule has 3 nitrogen and oxygen atoms in total. The Labute approximate surface area is 87.7 Å². The summed E-state index contributed by atoms with van der Waals surface area (Å²) in [4.78, 5) is 15.5. The van der Waals surface area contributed by atoms with E-state index in [-0.39, 0.29) is 5.97 Å². The number of aromatic nitrogens is 1. The van der Waals surface area contributed by atoms with Crippen LogP contribution in [0.1, 0.15) is 15.9 Å². The Morgan fingerprint density at radius 3 is 2.80 bits per heavy atom. The lowest BCUT2D eigenvalue weighted by Gasteiger charge is -2.06. The number of carbonyl (C=O) groups excluding carboxylic acids is 1. The highest BCUT2D eigenvalue weighted by molar-refractivity contribution is 6.04. The minimum atomic E-state index is -0.326. The maximum Gasteiger partial charge on any atom is 0.338 e. The summed E-state index contributed by atoms with van der Waals surface area (Å²) in [5.41, 5.74) is 1.69. The minimum Gasteiger partial charge on any atom is -0.465 e. The van der Waals surface area contributed by atoms with Crippen molar-refractivity contribution in [1.82, 2.24) is 4.98 Å². The standard InChI is InChI=1S/C12H11NO2/c1-8-3-4-10(12(14)15-2)11-7-13-6-5-9(8)11/h3-7H,1-2H3. The molecule has 0 amide bonds. The third-order valence-electron chi connectivity index (χ3n) is 2.44. The largest absolute Gasteiger partial charge is 0.465 e. The van der Waals surface area contributed by atoms with Crippen LogP contribution in [0.4, 0.5) is 0 Å². The molecule has 1 aromatic carbocycles. The van der Waals surface area contributed by atoms with Crippen LogP contribution in [-0.2, 0) is 4.74 Å². The van der Waals surface area contributed by atoms with Gasteiger partial charge in [0.1, 0.15) is 0 Å². The molecule has 76 valence electrons. The zero-order valence-electron chi connectivity index (χ0n) is 8.65. The molecule has 1 heterocycles. The van der Waals surface area contributed by atoms with Crippen molar-refractivity contribution in [2.75, 3.05) is 7.11 Å². The molecule has 0 aliphatic rings. The van der Waals surface area contributed by atoms with E-state index in [1.807, 2.05) is 19.1 Å². The van der Waals surface area contributed by atoms with Crippen LogP contribution in [0.5, 0.6) is 0 Å². The summed E-state index contributed by atoms with van der Waals surface area (Å²) < 4.78 is 4.72. The number of ether oxygens (including phenoxy) is 1. The monoisotopic (exact) mass is 201 g/mol. The first kappa shape index (κ1) is 9.65. The molecule has 1 aromatic heterocycles. The Kier molecular flexibility index (Phi) is 2.37. The van der Waals surface area contributed by atoms with Gasteiger partial charge in [-0.3, -0.25) is 4.98 Å². The number of benzene rings is 1. The van der Waals surface area contributed by atoms with E-state index in [0.717, 1.165) is 16.3 Å². The van der Waals surface area contributed by atoms with E-state index >= 15 is 0 Å². The zero-order valence-corrected chi connectivity index (χ0v) is 8.65. The summed E-state index contributed by atoms with van der Waals surface area (Å²) in [7, 11) is 1.38. The predicted molar refractivity (Wildman–Crippen MR) is 57.8 cm³/mol. The van der Waals surface area contributed by atoms with Gasteiger partial charge in [-0.05, 0) is 30.0 Å². The van der Waals surface area contributed by atoms with E-state index in [9.17, 15) is 4.79 Å². The van der Waals surface area contributed by atoms with Crippen molar-refractivity contribution in [2.24, 2.45) is 0 Å². The average molecular weight is 201 g/mol. The molecule has 0 saturated heterocycles. The molecule has 0 N–H and O–H groups in total. The van der Waals surface area contributed by atoms with Gasteiger partial charge in [0, 0.05) is 17.8 Å². The third-order valence-corrected chi connectivity index (χ3v) is 2.44. The molecule has 0 aliphatic heterocycles. The number of esters is 1. The summed E-state index contributed by atoms with van der Waals surface area (Å²) >= 11 is 0. The molecule has 0 saturated carbocycles. The van der Waals surface area contributed by atoms with E-state index in [0.29, 0.717) is 5.56 Å². The SMILES string of the molecule is COC(=O)c1ccc(C)c2ccncc12. The van der Waals surface area contributed by atoms with Crippen LogP contribution < -0.4 is 0 Å². The number of fused-ring (bicyclic) bond motifs is 1. The molecule has 0 spiro atoms. The second-order valence-electron chi connectivity index (χ2n) is 3.34. The van der Waals surface area contributed by atoms with Gasteiger partial charge in [-0.2, -0.15) is 0 Å². The van der Waals surface area contributed by atoms with Gasteiger partial charge in [0.05, 0.1) is 12.7 Å². The van der Waals surface area contributed by atoms with Crippen LogP contribution in [0, 0.1) is 6.92 Å². The number of rotatable bonds is 1. The number of aryl methyl sites for hydroxylation is 1. The molecule has 0 unspecified atom stereocenters. The van der Waals surface area contributed by atoms with Crippen molar-refractivity contribution in [3.8, 4) is 0 Å². The van der Waals surface area contributed by atoms with Crippen molar-refractivity contribution < 1.29 is 9.53 Å². The second kappa shape index (κ2) is 3.69. The van der Waals surface area contributed by atoms with E-state index in [1.54, 1.807) is 18.5 Å². The predicted octanol–water partition coefficient (Wildman–Crippen LogP) is 2.33. The molecular weight excluding hydrogens is 190 g/mol. The fourth-order valence-electron chi connectivity index (χ4n) is 1.63. The lowest BCUT2D eigenvalue weighted by Crippen LogP contribution is -2.02. The highest BCUT2D eigenvalue weighted by Gasteiger charge is 2.10. The number of carbonyl (C=O) groups is 1. The average Bonchev–Trinajstić information content (AvgIpc) is 2.29. The zero-order chi connectivity index (χ0) is 10.8. The normalized spacial score (nSPS) is 10.3. The van der Waals surface area contributed by atoms with E-state index < -0.39 is 0 Å². The fraction of sp³-hybridized carbons (Fsp3) is 0.167. The molecule has 0 bridgehead atoms. The van der Waals surface area contributed by atoms with E-state index in [4.69, 9.17) is 4.74 Å². The molecule has 15 heavy (non-hydrogen) atoms. The molecule has 2 aromatic rings. The van der Waals surface area contributed by atoms with Gasteiger partial charge >= 0.3 is 5.97 Å². The quantitative estimate of drug-likeness (QED) is 0.665. The van der Waals surface area contributed by atoms with Gasteiger partial charge in [-0.1, -0.05) is 6.07 Å². The summed E-state index contributed by atoms with van der Waals surface area (Å²) in [6.07, 6.45) is 3.41. The van der Waals surface area contributed by atoms with Crippen LogP contribution in [0.15, 0.2) is 30.6 Å². The summed E-state index contributed by atoms with van der Waals surface area (Å²) in [5.74, 6) is -0.326. The topological polar surface area (TPSA) is 39.2 Å². The van der Waals surface area contributed by atoms with Gasteiger partial charge in [0.15, 0.2) is 0 Å². The Morgan fingerprint density at radius 1 is 1.27 bits per heavy atom. The number of methoxy groups -OCH3 is 1. The first-order valence-electron chi connectivity index (χ1n) is 4.65. The molecule has 0 fully saturated rings.